The van der Waals surface area contributed by atoms with Crippen molar-refractivity contribution in [2.75, 3.05) is 20.8 Å². The molecule has 2 aromatic rings. The van der Waals surface area contributed by atoms with Crippen LogP contribution in [0, 0.1) is 0 Å². The van der Waals surface area contributed by atoms with Gasteiger partial charge >= 0.3 is 0 Å². The van der Waals surface area contributed by atoms with Crippen molar-refractivity contribution in [1.82, 2.24) is 5.32 Å². The van der Waals surface area contributed by atoms with Crippen LogP contribution >= 0.6 is 0 Å². The van der Waals surface area contributed by atoms with Gasteiger partial charge in [-0.15, -0.1) is 0 Å². The second-order valence-electron chi connectivity index (χ2n) is 5.00. The molecule has 0 saturated heterocycles. The van der Waals surface area contributed by atoms with Crippen molar-refractivity contribution in [3.63, 3.8) is 0 Å². The molecule has 1 N–H and O–H groups in total. The highest BCUT2D eigenvalue weighted by Gasteiger charge is 1.99. The van der Waals surface area contributed by atoms with Gasteiger partial charge in [0, 0.05) is 12.6 Å². The van der Waals surface area contributed by atoms with Gasteiger partial charge in [-0.05, 0) is 47.9 Å². The summed E-state index contributed by atoms with van der Waals surface area (Å²) in [6.45, 7) is 0.578. The van der Waals surface area contributed by atoms with Crippen LogP contribution < -0.4 is 14.8 Å². The van der Waals surface area contributed by atoms with E-state index < -0.39 is 0 Å². The van der Waals surface area contributed by atoms with Gasteiger partial charge in [-0.3, -0.25) is 4.79 Å². The van der Waals surface area contributed by atoms with Crippen molar-refractivity contribution in [2.24, 2.45) is 0 Å². The van der Waals surface area contributed by atoms with Crippen molar-refractivity contribution in [3.8, 4) is 11.5 Å². The van der Waals surface area contributed by atoms with E-state index in [0.717, 1.165) is 29.0 Å². The fourth-order valence-electron chi connectivity index (χ4n) is 2.13. The molecule has 0 aliphatic rings. The van der Waals surface area contributed by atoms with Gasteiger partial charge in [-0.1, -0.05) is 24.3 Å². The molecule has 0 unspecified atom stereocenters. The number of benzene rings is 2. The van der Waals surface area contributed by atoms with Gasteiger partial charge in [0.2, 0.25) is 5.91 Å². The summed E-state index contributed by atoms with van der Waals surface area (Å²) in [5.41, 5.74) is 2.05. The van der Waals surface area contributed by atoms with Crippen LogP contribution in [0.5, 0.6) is 11.5 Å². The third-order valence-corrected chi connectivity index (χ3v) is 3.37. The van der Waals surface area contributed by atoms with Crippen molar-refractivity contribution in [1.29, 1.82) is 0 Å². The Morgan fingerprint density at radius 1 is 1.04 bits per heavy atom. The Morgan fingerprint density at radius 2 is 1.74 bits per heavy atom. The third kappa shape index (κ3) is 5.51. The van der Waals surface area contributed by atoms with Gasteiger partial charge in [0.1, 0.15) is 11.5 Å². The van der Waals surface area contributed by atoms with Crippen LogP contribution in [-0.4, -0.2) is 26.7 Å². The maximum atomic E-state index is 11.8. The maximum Gasteiger partial charge on any atom is 0.244 e. The second-order valence-corrected chi connectivity index (χ2v) is 5.00. The first-order chi connectivity index (χ1) is 11.2. The lowest BCUT2D eigenvalue weighted by molar-refractivity contribution is -0.116. The molecular formula is C19H21NO3. The summed E-state index contributed by atoms with van der Waals surface area (Å²) in [6.07, 6.45) is 4.06. The number of carbonyl (C=O) groups is 1. The number of methoxy groups -OCH3 is 2. The van der Waals surface area contributed by atoms with E-state index in [1.807, 2.05) is 48.5 Å². The Bertz CT molecular complexity index is 680. The smallest absolute Gasteiger partial charge is 0.244 e. The first-order valence-corrected chi connectivity index (χ1v) is 7.44. The number of carbonyl (C=O) groups excluding carboxylic acids is 1. The Labute approximate surface area is 136 Å². The molecule has 0 aliphatic carbocycles. The molecule has 2 rings (SSSR count). The van der Waals surface area contributed by atoms with Crippen LogP contribution in [0.15, 0.2) is 54.6 Å². The van der Waals surface area contributed by atoms with E-state index in [1.54, 1.807) is 20.3 Å². The molecule has 0 saturated carbocycles. The minimum absolute atomic E-state index is 0.115. The summed E-state index contributed by atoms with van der Waals surface area (Å²) in [5, 5.41) is 2.87. The molecule has 0 aromatic heterocycles. The van der Waals surface area contributed by atoms with Gasteiger partial charge in [0.15, 0.2) is 0 Å². The lowest BCUT2D eigenvalue weighted by atomic mass is 10.1. The molecule has 0 heterocycles. The molecule has 0 fully saturated rings. The quantitative estimate of drug-likeness (QED) is 0.799. The lowest BCUT2D eigenvalue weighted by Crippen LogP contribution is -2.23. The molecule has 4 heteroatoms. The lowest BCUT2D eigenvalue weighted by Gasteiger charge is -2.05. The second kappa shape index (κ2) is 8.63. The van der Waals surface area contributed by atoms with Crippen LogP contribution in [0.2, 0.25) is 0 Å². The van der Waals surface area contributed by atoms with Crippen LogP contribution in [0.1, 0.15) is 11.1 Å². The molecular weight excluding hydrogens is 290 g/mol. The van der Waals surface area contributed by atoms with Crippen molar-refractivity contribution in [2.45, 2.75) is 6.42 Å². The number of hydrogen-bond donors (Lipinski definition) is 1. The molecule has 4 nitrogen and oxygen atoms in total. The van der Waals surface area contributed by atoms with Crippen molar-refractivity contribution >= 4 is 12.0 Å². The summed E-state index contributed by atoms with van der Waals surface area (Å²) in [7, 11) is 3.26. The molecule has 0 aliphatic heterocycles. The Balaban J connectivity index is 1.81. The molecule has 0 spiro atoms. The predicted molar refractivity (Wildman–Crippen MR) is 91.7 cm³/mol. The number of rotatable bonds is 7. The fourth-order valence-corrected chi connectivity index (χ4v) is 2.13. The topological polar surface area (TPSA) is 47.6 Å². The maximum absolute atomic E-state index is 11.8. The number of hydrogen-bond acceptors (Lipinski definition) is 3. The van der Waals surface area contributed by atoms with Crippen LogP contribution in [0.4, 0.5) is 0 Å². The largest absolute Gasteiger partial charge is 0.497 e. The van der Waals surface area contributed by atoms with E-state index >= 15 is 0 Å². The SMILES string of the molecule is COc1cccc(/C=C/C(=O)NCCc2cccc(OC)c2)c1. The Kier molecular flexibility index (Phi) is 6.24. The van der Waals surface area contributed by atoms with Gasteiger partial charge < -0.3 is 14.8 Å². The van der Waals surface area contributed by atoms with E-state index in [0.29, 0.717) is 6.54 Å². The predicted octanol–water partition coefficient (Wildman–Crippen LogP) is 3.08. The van der Waals surface area contributed by atoms with Gasteiger partial charge in [-0.2, -0.15) is 0 Å². The van der Waals surface area contributed by atoms with Crippen molar-refractivity contribution < 1.29 is 14.3 Å². The fraction of sp³-hybridized carbons (Fsp3) is 0.211. The summed E-state index contributed by atoms with van der Waals surface area (Å²) in [5.74, 6) is 1.48. The molecule has 2 aromatic carbocycles. The highest BCUT2D eigenvalue weighted by molar-refractivity contribution is 5.91. The molecule has 120 valence electrons. The first-order valence-electron chi connectivity index (χ1n) is 7.44. The summed E-state index contributed by atoms with van der Waals surface area (Å²) in [4.78, 5) is 11.8. The minimum atomic E-state index is -0.115. The molecule has 0 radical (unpaired) electrons. The van der Waals surface area contributed by atoms with E-state index in [2.05, 4.69) is 5.32 Å². The molecule has 0 atom stereocenters. The molecule has 0 bridgehead atoms. The van der Waals surface area contributed by atoms with E-state index in [-0.39, 0.29) is 5.91 Å². The minimum Gasteiger partial charge on any atom is -0.497 e. The zero-order valence-electron chi connectivity index (χ0n) is 13.4. The number of amides is 1. The van der Waals surface area contributed by atoms with E-state index in [9.17, 15) is 4.79 Å². The zero-order valence-corrected chi connectivity index (χ0v) is 13.4. The first kappa shape index (κ1) is 16.6. The van der Waals surface area contributed by atoms with Crippen molar-refractivity contribution in [3.05, 3.63) is 65.7 Å². The summed E-state index contributed by atoms with van der Waals surface area (Å²) in [6, 6.07) is 15.4. The summed E-state index contributed by atoms with van der Waals surface area (Å²) < 4.78 is 10.3. The highest BCUT2D eigenvalue weighted by Crippen LogP contribution is 2.14. The van der Waals surface area contributed by atoms with E-state index in [4.69, 9.17) is 9.47 Å². The zero-order chi connectivity index (χ0) is 16.5. The van der Waals surface area contributed by atoms with Gasteiger partial charge in [0.25, 0.3) is 0 Å². The van der Waals surface area contributed by atoms with Crippen LogP contribution in [0.3, 0.4) is 0 Å². The van der Waals surface area contributed by atoms with Crippen LogP contribution in [0.25, 0.3) is 6.08 Å². The van der Waals surface area contributed by atoms with Crippen LogP contribution in [-0.2, 0) is 11.2 Å². The molecule has 1 amide bonds. The average molecular weight is 311 g/mol. The van der Waals surface area contributed by atoms with Gasteiger partial charge in [0.05, 0.1) is 14.2 Å². The summed E-state index contributed by atoms with van der Waals surface area (Å²) >= 11 is 0. The average Bonchev–Trinajstić information content (AvgIpc) is 2.60. The highest BCUT2D eigenvalue weighted by atomic mass is 16.5. The van der Waals surface area contributed by atoms with E-state index in [1.165, 1.54) is 6.08 Å². The number of nitrogens with one attached hydrogen (secondary N) is 1. The standard InChI is InChI=1S/C19H21NO3/c1-22-17-7-3-5-15(13-17)9-10-19(21)20-12-11-16-6-4-8-18(14-16)23-2/h3-10,13-14H,11-12H2,1-2H3,(H,20,21)/b10-9+. The Morgan fingerprint density at radius 3 is 2.48 bits per heavy atom. The van der Waals surface area contributed by atoms with Gasteiger partial charge in [-0.25, -0.2) is 0 Å². The monoisotopic (exact) mass is 311 g/mol. The molecule has 23 heavy (non-hydrogen) atoms. The normalized spacial score (nSPS) is 10.5. The third-order valence-electron chi connectivity index (χ3n) is 3.37. The Hall–Kier alpha value is -2.75. The number of ether oxygens (including phenoxy) is 2.